The summed E-state index contributed by atoms with van der Waals surface area (Å²) in [5.41, 5.74) is 1.14. The molecule has 2 aliphatic rings. The molecule has 0 N–H and O–H groups in total. The third-order valence-electron chi connectivity index (χ3n) is 5.59. The number of rotatable bonds is 3. The molecule has 0 spiro atoms. The molecule has 1 aliphatic carbocycles. The predicted molar refractivity (Wildman–Crippen MR) is 97.3 cm³/mol. The number of hydrogen-bond acceptors (Lipinski definition) is 4. The molecule has 0 unspecified atom stereocenters. The largest absolute Gasteiger partial charge is 0.351 e. The summed E-state index contributed by atoms with van der Waals surface area (Å²) in [4.78, 5) is 16.0. The smallest absolute Gasteiger partial charge is 0.292 e. The number of nitrogens with zero attached hydrogens (tertiary/aromatic N) is 3. The summed E-state index contributed by atoms with van der Waals surface area (Å²) in [5, 5.41) is 11.4. The van der Waals surface area contributed by atoms with E-state index in [9.17, 15) is 10.1 Å². The van der Waals surface area contributed by atoms with Gasteiger partial charge in [-0.25, -0.2) is 0 Å². The van der Waals surface area contributed by atoms with Crippen LogP contribution in [0.2, 0.25) is 0 Å². The molecule has 1 aromatic rings. The second-order valence-corrected chi connectivity index (χ2v) is 8.30. The van der Waals surface area contributed by atoms with Crippen LogP contribution in [-0.4, -0.2) is 35.1 Å². The van der Waals surface area contributed by atoms with Crippen LogP contribution < -0.4 is 4.90 Å². The van der Waals surface area contributed by atoms with Gasteiger partial charge in [-0.05, 0) is 24.3 Å². The molecule has 3 rings (SSSR count). The van der Waals surface area contributed by atoms with Crippen LogP contribution in [0.3, 0.4) is 0 Å². The number of nitro benzene ring substituents is 1. The Bertz CT molecular complexity index is 591. The van der Waals surface area contributed by atoms with Crippen molar-refractivity contribution in [2.75, 3.05) is 18.1 Å². The summed E-state index contributed by atoms with van der Waals surface area (Å²) < 4.78 is 0. The second kappa shape index (κ2) is 6.71. The van der Waals surface area contributed by atoms with E-state index >= 15 is 0 Å². The predicted octanol–water partition coefficient (Wildman–Crippen LogP) is 4.42. The summed E-state index contributed by atoms with van der Waals surface area (Å²) in [7, 11) is 0. The van der Waals surface area contributed by atoms with Gasteiger partial charge in [0.1, 0.15) is 5.69 Å². The van der Waals surface area contributed by atoms with E-state index in [0.717, 1.165) is 18.9 Å². The molecule has 1 heterocycles. The van der Waals surface area contributed by atoms with Crippen molar-refractivity contribution in [3.8, 4) is 0 Å². The van der Waals surface area contributed by atoms with E-state index in [1.807, 2.05) is 12.1 Å². The SMILES string of the molecule is CC(C)(C)[C@H]1CN(c2ccccc2[N+](=O)[O-])CN1C1CCCCC1. The zero-order chi connectivity index (χ0) is 17.3. The number of benzene rings is 1. The first-order chi connectivity index (χ1) is 11.4. The Morgan fingerprint density at radius 2 is 1.79 bits per heavy atom. The highest BCUT2D eigenvalue weighted by Gasteiger charge is 2.42. The van der Waals surface area contributed by atoms with Gasteiger partial charge < -0.3 is 4.90 Å². The number of para-hydroxylation sites is 2. The summed E-state index contributed by atoms with van der Waals surface area (Å²) in [6.07, 6.45) is 6.49. The van der Waals surface area contributed by atoms with Crippen LogP contribution in [0.15, 0.2) is 24.3 Å². The topological polar surface area (TPSA) is 49.6 Å². The Labute approximate surface area is 144 Å². The molecule has 1 saturated carbocycles. The van der Waals surface area contributed by atoms with Gasteiger partial charge in [-0.1, -0.05) is 52.2 Å². The van der Waals surface area contributed by atoms with Gasteiger partial charge in [-0.15, -0.1) is 0 Å². The fourth-order valence-electron chi connectivity index (χ4n) is 4.28. The van der Waals surface area contributed by atoms with Gasteiger partial charge in [0.2, 0.25) is 0 Å². The van der Waals surface area contributed by atoms with Crippen molar-refractivity contribution < 1.29 is 4.92 Å². The fourth-order valence-corrected chi connectivity index (χ4v) is 4.28. The van der Waals surface area contributed by atoms with Crippen molar-refractivity contribution in [2.45, 2.75) is 65.0 Å². The number of nitro groups is 1. The molecular weight excluding hydrogens is 302 g/mol. The van der Waals surface area contributed by atoms with Crippen molar-refractivity contribution >= 4 is 11.4 Å². The standard InChI is InChI=1S/C19H29N3O2/c1-19(2,3)18-13-20(14-21(18)15-9-5-4-6-10-15)16-11-7-8-12-17(16)22(23)24/h7-8,11-12,15,18H,4-6,9-10,13-14H2,1-3H3/t18-/m1/s1. The molecule has 0 amide bonds. The maximum atomic E-state index is 11.4. The molecular formula is C19H29N3O2. The Hall–Kier alpha value is -1.62. The van der Waals surface area contributed by atoms with Crippen molar-refractivity contribution in [1.82, 2.24) is 4.90 Å². The van der Waals surface area contributed by atoms with E-state index in [-0.39, 0.29) is 16.0 Å². The molecule has 1 aromatic carbocycles. The third kappa shape index (κ3) is 3.41. The monoisotopic (exact) mass is 331 g/mol. The first-order valence-electron chi connectivity index (χ1n) is 9.12. The Morgan fingerprint density at radius 1 is 1.12 bits per heavy atom. The summed E-state index contributed by atoms with van der Waals surface area (Å²) in [6.45, 7) is 8.53. The quantitative estimate of drug-likeness (QED) is 0.607. The van der Waals surface area contributed by atoms with Crippen LogP contribution in [0.1, 0.15) is 52.9 Å². The summed E-state index contributed by atoms with van der Waals surface area (Å²) >= 11 is 0. The lowest BCUT2D eigenvalue weighted by Gasteiger charge is -2.40. The molecule has 5 nitrogen and oxygen atoms in total. The molecule has 0 aromatic heterocycles. The van der Waals surface area contributed by atoms with E-state index in [0.29, 0.717) is 12.1 Å². The minimum atomic E-state index is -0.259. The van der Waals surface area contributed by atoms with Crippen LogP contribution in [-0.2, 0) is 0 Å². The second-order valence-electron chi connectivity index (χ2n) is 8.30. The van der Waals surface area contributed by atoms with E-state index in [4.69, 9.17) is 0 Å². The summed E-state index contributed by atoms with van der Waals surface area (Å²) in [5.74, 6) is 0. The Kier molecular flexibility index (Phi) is 4.81. The highest BCUT2D eigenvalue weighted by atomic mass is 16.6. The molecule has 0 radical (unpaired) electrons. The van der Waals surface area contributed by atoms with Crippen LogP contribution >= 0.6 is 0 Å². The molecule has 2 fully saturated rings. The van der Waals surface area contributed by atoms with Gasteiger partial charge in [0, 0.05) is 24.7 Å². The summed E-state index contributed by atoms with van der Waals surface area (Å²) in [6, 6.07) is 8.21. The minimum Gasteiger partial charge on any atom is -0.351 e. The third-order valence-corrected chi connectivity index (χ3v) is 5.59. The van der Waals surface area contributed by atoms with Gasteiger partial charge in [0.25, 0.3) is 5.69 Å². The average Bonchev–Trinajstić information content (AvgIpc) is 3.01. The van der Waals surface area contributed by atoms with Gasteiger partial charge in [-0.3, -0.25) is 15.0 Å². The molecule has 132 valence electrons. The molecule has 1 atom stereocenters. The lowest BCUT2D eigenvalue weighted by Crippen LogP contribution is -2.47. The van der Waals surface area contributed by atoms with Crippen LogP contribution in [0.5, 0.6) is 0 Å². The number of hydrogen-bond donors (Lipinski definition) is 0. The Balaban J connectivity index is 1.88. The maximum absolute atomic E-state index is 11.4. The highest BCUT2D eigenvalue weighted by Crippen LogP contribution is 2.39. The van der Waals surface area contributed by atoms with E-state index in [2.05, 4.69) is 30.6 Å². The molecule has 1 aliphatic heterocycles. The van der Waals surface area contributed by atoms with Crippen molar-refractivity contribution in [3.05, 3.63) is 34.4 Å². The van der Waals surface area contributed by atoms with Crippen LogP contribution in [0.25, 0.3) is 0 Å². The van der Waals surface area contributed by atoms with E-state index in [1.54, 1.807) is 12.1 Å². The number of anilines is 1. The van der Waals surface area contributed by atoms with Crippen LogP contribution in [0.4, 0.5) is 11.4 Å². The van der Waals surface area contributed by atoms with E-state index < -0.39 is 0 Å². The Morgan fingerprint density at radius 3 is 2.42 bits per heavy atom. The van der Waals surface area contributed by atoms with Crippen molar-refractivity contribution in [1.29, 1.82) is 0 Å². The van der Waals surface area contributed by atoms with Gasteiger partial charge in [0.15, 0.2) is 0 Å². The van der Waals surface area contributed by atoms with Gasteiger partial charge in [-0.2, -0.15) is 0 Å². The van der Waals surface area contributed by atoms with Crippen molar-refractivity contribution in [3.63, 3.8) is 0 Å². The molecule has 24 heavy (non-hydrogen) atoms. The van der Waals surface area contributed by atoms with E-state index in [1.165, 1.54) is 32.1 Å². The first-order valence-corrected chi connectivity index (χ1v) is 9.12. The zero-order valence-electron chi connectivity index (χ0n) is 15.1. The fraction of sp³-hybridized carbons (Fsp3) is 0.684. The molecule has 1 saturated heterocycles. The zero-order valence-corrected chi connectivity index (χ0v) is 15.1. The first kappa shape index (κ1) is 17.2. The van der Waals surface area contributed by atoms with Gasteiger partial charge in [0.05, 0.1) is 11.6 Å². The minimum absolute atomic E-state index is 0.162. The highest BCUT2D eigenvalue weighted by molar-refractivity contribution is 5.63. The van der Waals surface area contributed by atoms with Crippen LogP contribution in [0, 0.1) is 15.5 Å². The van der Waals surface area contributed by atoms with Gasteiger partial charge >= 0.3 is 0 Å². The molecule has 0 bridgehead atoms. The normalized spacial score (nSPS) is 23.6. The lowest BCUT2D eigenvalue weighted by atomic mass is 9.84. The lowest BCUT2D eigenvalue weighted by molar-refractivity contribution is -0.384. The maximum Gasteiger partial charge on any atom is 0.292 e. The average molecular weight is 331 g/mol. The molecule has 5 heteroatoms. The van der Waals surface area contributed by atoms with Crippen molar-refractivity contribution in [2.24, 2.45) is 5.41 Å².